The number of carbonyl (C=O) groups excluding carboxylic acids is 3. The lowest BCUT2D eigenvalue weighted by atomic mass is 10.00. The van der Waals surface area contributed by atoms with Crippen molar-refractivity contribution >= 4 is 46.5 Å². The molecular weight excluding hydrogens is 460 g/mol. The van der Waals surface area contributed by atoms with E-state index in [4.69, 9.17) is 16.0 Å². The summed E-state index contributed by atoms with van der Waals surface area (Å²) in [5, 5.41) is 0.132. The fourth-order valence-electron chi connectivity index (χ4n) is 3.94. The largest absolute Gasteiger partial charge is 0.457 e. The standard InChI is InChI=1S/C25H19ClN2O4S/c26-19-7-3-6-17(12-19)21-9-8-20(32-21)13-22-24(30)28(25(31)33-22)15-23(29)27-11-10-16-4-1-2-5-18(16)14-27/h1-9,12-13H,10-11,14-15H2/b22-13-. The normalized spacial score (nSPS) is 17.1. The molecule has 6 nitrogen and oxygen atoms in total. The first-order chi connectivity index (χ1) is 16.0. The summed E-state index contributed by atoms with van der Waals surface area (Å²) in [7, 11) is 0. The minimum atomic E-state index is -0.489. The Labute approximate surface area is 199 Å². The van der Waals surface area contributed by atoms with Crippen LogP contribution in [0.3, 0.4) is 0 Å². The third kappa shape index (κ3) is 4.47. The summed E-state index contributed by atoms with van der Waals surface area (Å²) < 4.78 is 5.81. The number of furan rings is 1. The maximum atomic E-state index is 12.8. The van der Waals surface area contributed by atoms with E-state index in [0.29, 0.717) is 29.6 Å². The second-order valence-electron chi connectivity index (χ2n) is 7.81. The van der Waals surface area contributed by atoms with Gasteiger partial charge in [-0.15, -0.1) is 0 Å². The van der Waals surface area contributed by atoms with Gasteiger partial charge in [-0.3, -0.25) is 19.3 Å². The average Bonchev–Trinajstić information content (AvgIpc) is 3.39. The predicted molar refractivity (Wildman–Crippen MR) is 127 cm³/mol. The number of imide groups is 1. The highest BCUT2D eigenvalue weighted by atomic mass is 35.5. The van der Waals surface area contributed by atoms with Crippen LogP contribution in [0.2, 0.25) is 5.02 Å². The van der Waals surface area contributed by atoms with Crippen LogP contribution >= 0.6 is 23.4 Å². The Kier molecular flexibility index (Phi) is 5.83. The van der Waals surface area contributed by atoms with Gasteiger partial charge in [0.05, 0.1) is 4.91 Å². The van der Waals surface area contributed by atoms with Crippen LogP contribution in [0.15, 0.2) is 70.0 Å². The number of halogens is 1. The molecule has 1 fully saturated rings. The summed E-state index contributed by atoms with van der Waals surface area (Å²) >= 11 is 6.85. The van der Waals surface area contributed by atoms with Crippen LogP contribution < -0.4 is 0 Å². The van der Waals surface area contributed by atoms with Crippen LogP contribution in [0.1, 0.15) is 16.9 Å². The highest BCUT2D eigenvalue weighted by Crippen LogP contribution is 2.34. The SMILES string of the molecule is O=C(CN1C(=O)S/C(=C\c2ccc(-c3cccc(Cl)c3)o2)C1=O)N1CCc2ccccc2C1. The van der Waals surface area contributed by atoms with Gasteiger partial charge < -0.3 is 9.32 Å². The number of carbonyl (C=O) groups is 3. The van der Waals surface area contributed by atoms with Gasteiger partial charge in [-0.25, -0.2) is 0 Å². The first-order valence-electron chi connectivity index (χ1n) is 10.4. The van der Waals surface area contributed by atoms with Gasteiger partial charge in [0, 0.05) is 29.8 Å². The highest BCUT2D eigenvalue weighted by molar-refractivity contribution is 8.18. The van der Waals surface area contributed by atoms with Crippen molar-refractivity contribution in [2.45, 2.75) is 13.0 Å². The van der Waals surface area contributed by atoms with Crippen molar-refractivity contribution in [1.29, 1.82) is 0 Å². The van der Waals surface area contributed by atoms with E-state index in [0.717, 1.165) is 34.2 Å². The van der Waals surface area contributed by atoms with Crippen molar-refractivity contribution < 1.29 is 18.8 Å². The molecule has 2 aliphatic heterocycles. The maximum absolute atomic E-state index is 12.8. The second kappa shape index (κ2) is 8.92. The molecule has 33 heavy (non-hydrogen) atoms. The van der Waals surface area contributed by atoms with E-state index in [-0.39, 0.29) is 17.4 Å². The van der Waals surface area contributed by atoms with Gasteiger partial charge in [0.1, 0.15) is 18.1 Å². The number of rotatable bonds is 4. The van der Waals surface area contributed by atoms with Crippen LogP contribution in [0.4, 0.5) is 4.79 Å². The monoisotopic (exact) mass is 478 g/mol. The molecule has 3 heterocycles. The van der Waals surface area contributed by atoms with Crippen LogP contribution in [0.25, 0.3) is 17.4 Å². The molecule has 0 radical (unpaired) electrons. The molecule has 0 spiro atoms. The first kappa shape index (κ1) is 21.6. The summed E-state index contributed by atoms with van der Waals surface area (Å²) in [6, 6.07) is 18.7. The summed E-state index contributed by atoms with van der Waals surface area (Å²) in [6.45, 7) is 0.788. The Morgan fingerprint density at radius 2 is 1.88 bits per heavy atom. The maximum Gasteiger partial charge on any atom is 0.294 e. The number of thioether (sulfide) groups is 1. The van der Waals surface area contributed by atoms with E-state index in [2.05, 4.69) is 6.07 Å². The van der Waals surface area contributed by atoms with Crippen LogP contribution in [0.5, 0.6) is 0 Å². The van der Waals surface area contributed by atoms with Crippen molar-refractivity contribution in [2.24, 2.45) is 0 Å². The Hall–Kier alpha value is -3.29. The van der Waals surface area contributed by atoms with E-state index in [1.807, 2.05) is 30.3 Å². The van der Waals surface area contributed by atoms with Crippen LogP contribution in [-0.2, 0) is 22.6 Å². The summed E-state index contributed by atoms with van der Waals surface area (Å²) in [5.41, 5.74) is 3.13. The molecular formula is C25H19ClN2O4S. The van der Waals surface area contributed by atoms with Gasteiger partial charge in [-0.2, -0.15) is 0 Å². The number of hydrogen-bond donors (Lipinski definition) is 0. The van der Waals surface area contributed by atoms with E-state index in [9.17, 15) is 14.4 Å². The van der Waals surface area contributed by atoms with Gasteiger partial charge in [0.15, 0.2) is 0 Å². The van der Waals surface area contributed by atoms with E-state index >= 15 is 0 Å². The molecule has 2 aliphatic rings. The average molecular weight is 479 g/mol. The van der Waals surface area contributed by atoms with Gasteiger partial charge >= 0.3 is 0 Å². The molecule has 3 amide bonds. The number of fused-ring (bicyclic) bond motifs is 1. The highest BCUT2D eigenvalue weighted by Gasteiger charge is 2.37. The Morgan fingerprint density at radius 3 is 2.70 bits per heavy atom. The van der Waals surface area contributed by atoms with E-state index in [1.165, 1.54) is 11.6 Å². The molecule has 2 aromatic carbocycles. The van der Waals surface area contributed by atoms with Gasteiger partial charge in [-0.05, 0) is 53.6 Å². The quantitative estimate of drug-likeness (QED) is 0.481. The lowest BCUT2D eigenvalue weighted by molar-refractivity contribution is -0.136. The Bertz CT molecular complexity index is 1300. The zero-order valence-corrected chi connectivity index (χ0v) is 19.1. The predicted octanol–water partition coefficient (Wildman–Crippen LogP) is 5.22. The number of nitrogens with zero attached hydrogens (tertiary/aromatic N) is 2. The molecule has 3 aromatic rings. The molecule has 0 N–H and O–H groups in total. The zero-order chi connectivity index (χ0) is 22.9. The van der Waals surface area contributed by atoms with Crippen molar-refractivity contribution in [3.8, 4) is 11.3 Å². The number of benzene rings is 2. The second-order valence-corrected chi connectivity index (χ2v) is 9.24. The fourth-order valence-corrected chi connectivity index (χ4v) is 4.95. The third-order valence-electron chi connectivity index (χ3n) is 5.66. The lowest BCUT2D eigenvalue weighted by Crippen LogP contribution is -2.44. The zero-order valence-electron chi connectivity index (χ0n) is 17.5. The summed E-state index contributed by atoms with van der Waals surface area (Å²) in [6.07, 6.45) is 2.29. The molecule has 166 valence electrons. The van der Waals surface area contributed by atoms with Crippen molar-refractivity contribution in [3.63, 3.8) is 0 Å². The molecule has 1 saturated heterocycles. The van der Waals surface area contributed by atoms with E-state index < -0.39 is 11.1 Å². The minimum Gasteiger partial charge on any atom is -0.457 e. The molecule has 0 bridgehead atoms. The Morgan fingerprint density at radius 1 is 1.06 bits per heavy atom. The minimum absolute atomic E-state index is 0.226. The molecule has 0 atom stereocenters. The van der Waals surface area contributed by atoms with Gasteiger partial charge in [0.2, 0.25) is 5.91 Å². The molecule has 0 unspecified atom stereocenters. The smallest absolute Gasteiger partial charge is 0.294 e. The molecule has 5 rings (SSSR count). The molecule has 8 heteroatoms. The van der Waals surface area contributed by atoms with Crippen LogP contribution in [-0.4, -0.2) is 39.9 Å². The number of hydrogen-bond acceptors (Lipinski definition) is 5. The summed E-state index contributed by atoms with van der Waals surface area (Å²) in [5.74, 6) is 0.309. The Balaban J connectivity index is 1.28. The fraction of sp³-hybridized carbons (Fsp3) is 0.160. The third-order valence-corrected chi connectivity index (χ3v) is 6.80. The van der Waals surface area contributed by atoms with Crippen molar-refractivity contribution in [1.82, 2.24) is 9.80 Å². The van der Waals surface area contributed by atoms with Crippen molar-refractivity contribution in [3.05, 3.63) is 87.5 Å². The molecule has 0 saturated carbocycles. The van der Waals surface area contributed by atoms with Gasteiger partial charge in [0.25, 0.3) is 11.1 Å². The topological polar surface area (TPSA) is 70.8 Å². The number of amides is 3. The first-order valence-corrected chi connectivity index (χ1v) is 11.6. The lowest BCUT2D eigenvalue weighted by Gasteiger charge is -2.29. The molecule has 0 aliphatic carbocycles. The van der Waals surface area contributed by atoms with E-state index in [1.54, 1.807) is 29.2 Å². The van der Waals surface area contributed by atoms with Crippen molar-refractivity contribution in [2.75, 3.05) is 13.1 Å². The van der Waals surface area contributed by atoms with Crippen LogP contribution in [0, 0.1) is 0 Å². The summed E-state index contributed by atoms with van der Waals surface area (Å²) in [4.78, 5) is 41.1. The van der Waals surface area contributed by atoms with Gasteiger partial charge in [-0.1, -0.05) is 48.0 Å². The molecule has 1 aromatic heterocycles.